The molecule has 0 aromatic heterocycles. The lowest BCUT2D eigenvalue weighted by molar-refractivity contribution is -0.122. The quantitative estimate of drug-likeness (QED) is 0.871. The van der Waals surface area contributed by atoms with E-state index in [1.54, 1.807) is 50.4 Å². The van der Waals surface area contributed by atoms with Crippen molar-refractivity contribution in [3.05, 3.63) is 58.6 Å². The van der Waals surface area contributed by atoms with Crippen LogP contribution in [0.1, 0.15) is 22.8 Å². The third-order valence-electron chi connectivity index (χ3n) is 3.38. The van der Waals surface area contributed by atoms with Crippen molar-refractivity contribution < 1.29 is 14.3 Å². The van der Waals surface area contributed by atoms with Crippen LogP contribution in [0.15, 0.2) is 42.5 Å². The third-order valence-corrected chi connectivity index (χ3v) is 3.69. The van der Waals surface area contributed by atoms with Crippen LogP contribution in [-0.4, -0.2) is 25.0 Å². The maximum Gasteiger partial charge on any atom is 0.265 e. The molecular formula is C18H19ClN2O3. The summed E-state index contributed by atoms with van der Waals surface area (Å²) in [4.78, 5) is 23.9. The van der Waals surface area contributed by atoms with Gasteiger partial charge in [-0.15, -0.1) is 0 Å². The standard InChI is InChI=1S/C18H19ClN2O3/c1-11-7-8-15(19)16(9-11)24-12(2)17(22)21-14-6-4-5-13(10-14)18(23)20-3/h4-10,12H,1-3H3,(H,20,23)(H,21,22). The highest BCUT2D eigenvalue weighted by atomic mass is 35.5. The van der Waals surface area contributed by atoms with Crippen molar-refractivity contribution in [2.24, 2.45) is 0 Å². The van der Waals surface area contributed by atoms with Gasteiger partial charge in [-0.25, -0.2) is 0 Å². The Bertz CT molecular complexity index is 762. The third kappa shape index (κ3) is 4.49. The number of carbonyl (C=O) groups is 2. The van der Waals surface area contributed by atoms with Gasteiger partial charge in [0, 0.05) is 18.3 Å². The normalized spacial score (nSPS) is 11.5. The van der Waals surface area contributed by atoms with Gasteiger partial charge in [0.15, 0.2) is 6.10 Å². The Morgan fingerprint density at radius 3 is 2.62 bits per heavy atom. The Morgan fingerprint density at radius 2 is 1.92 bits per heavy atom. The number of benzene rings is 2. The van der Waals surface area contributed by atoms with Crippen molar-refractivity contribution in [3.8, 4) is 5.75 Å². The summed E-state index contributed by atoms with van der Waals surface area (Å²) >= 11 is 6.08. The molecule has 0 saturated heterocycles. The lowest BCUT2D eigenvalue weighted by Crippen LogP contribution is -2.30. The van der Waals surface area contributed by atoms with Crippen LogP contribution < -0.4 is 15.4 Å². The van der Waals surface area contributed by atoms with E-state index in [-0.39, 0.29) is 11.8 Å². The number of nitrogens with one attached hydrogen (secondary N) is 2. The number of rotatable bonds is 5. The van der Waals surface area contributed by atoms with Crippen LogP contribution in [0.2, 0.25) is 5.02 Å². The van der Waals surface area contributed by atoms with Gasteiger partial charge in [0.2, 0.25) is 0 Å². The zero-order valence-corrected chi connectivity index (χ0v) is 14.5. The fraction of sp³-hybridized carbons (Fsp3) is 0.222. The minimum Gasteiger partial charge on any atom is -0.479 e. The highest BCUT2D eigenvalue weighted by Crippen LogP contribution is 2.26. The highest BCUT2D eigenvalue weighted by Gasteiger charge is 2.17. The van der Waals surface area contributed by atoms with E-state index in [1.807, 2.05) is 13.0 Å². The average molecular weight is 347 g/mol. The molecule has 1 atom stereocenters. The summed E-state index contributed by atoms with van der Waals surface area (Å²) in [7, 11) is 1.55. The number of ether oxygens (including phenoxy) is 1. The van der Waals surface area contributed by atoms with Crippen LogP contribution in [0, 0.1) is 6.92 Å². The Hall–Kier alpha value is -2.53. The number of hydrogen-bond acceptors (Lipinski definition) is 3. The van der Waals surface area contributed by atoms with E-state index in [2.05, 4.69) is 10.6 Å². The van der Waals surface area contributed by atoms with E-state index >= 15 is 0 Å². The molecule has 0 spiro atoms. The molecule has 126 valence electrons. The zero-order valence-electron chi connectivity index (χ0n) is 13.7. The molecule has 2 rings (SSSR count). The van der Waals surface area contributed by atoms with Crippen molar-refractivity contribution in [1.29, 1.82) is 0 Å². The number of halogens is 1. The van der Waals surface area contributed by atoms with Crippen LogP contribution in [0.25, 0.3) is 0 Å². The molecule has 2 amide bonds. The number of amides is 2. The van der Waals surface area contributed by atoms with Crippen molar-refractivity contribution in [2.75, 3.05) is 12.4 Å². The number of aryl methyl sites for hydroxylation is 1. The summed E-state index contributed by atoms with van der Waals surface area (Å²) in [5.41, 5.74) is 1.97. The molecule has 0 radical (unpaired) electrons. The Balaban J connectivity index is 2.06. The smallest absolute Gasteiger partial charge is 0.265 e. The molecule has 2 aromatic carbocycles. The number of hydrogen-bond donors (Lipinski definition) is 2. The second kappa shape index (κ2) is 7.84. The zero-order chi connectivity index (χ0) is 17.7. The van der Waals surface area contributed by atoms with Crippen LogP contribution in [0.3, 0.4) is 0 Å². The first-order chi connectivity index (χ1) is 11.4. The summed E-state index contributed by atoms with van der Waals surface area (Å²) in [6, 6.07) is 12.0. The SMILES string of the molecule is CNC(=O)c1cccc(NC(=O)C(C)Oc2cc(C)ccc2Cl)c1. The van der Waals surface area contributed by atoms with Crippen molar-refractivity contribution >= 4 is 29.1 Å². The largest absolute Gasteiger partial charge is 0.479 e. The Morgan fingerprint density at radius 1 is 1.17 bits per heavy atom. The maximum atomic E-state index is 12.3. The fourth-order valence-corrected chi connectivity index (χ4v) is 2.23. The summed E-state index contributed by atoms with van der Waals surface area (Å²) in [6.45, 7) is 3.55. The minimum atomic E-state index is -0.743. The molecule has 6 heteroatoms. The first kappa shape index (κ1) is 17.8. The molecule has 2 N–H and O–H groups in total. The van der Waals surface area contributed by atoms with Gasteiger partial charge < -0.3 is 15.4 Å². The Kier molecular flexibility index (Phi) is 5.82. The van der Waals surface area contributed by atoms with Gasteiger partial charge in [0.05, 0.1) is 5.02 Å². The Labute approximate surface area is 146 Å². The summed E-state index contributed by atoms with van der Waals surface area (Å²) in [5.74, 6) is -0.0954. The van der Waals surface area contributed by atoms with E-state index in [9.17, 15) is 9.59 Å². The van der Waals surface area contributed by atoms with Crippen LogP contribution in [0.4, 0.5) is 5.69 Å². The van der Waals surface area contributed by atoms with Crippen LogP contribution in [-0.2, 0) is 4.79 Å². The molecule has 0 bridgehead atoms. The molecule has 0 aliphatic rings. The van der Waals surface area contributed by atoms with Crippen LogP contribution >= 0.6 is 11.6 Å². The lowest BCUT2D eigenvalue weighted by Gasteiger charge is -2.16. The van der Waals surface area contributed by atoms with Gasteiger partial charge in [0.25, 0.3) is 11.8 Å². The van der Waals surface area contributed by atoms with Crippen molar-refractivity contribution in [2.45, 2.75) is 20.0 Å². The average Bonchev–Trinajstić information content (AvgIpc) is 2.57. The molecular weight excluding hydrogens is 328 g/mol. The van der Waals surface area contributed by atoms with Crippen LogP contribution in [0.5, 0.6) is 5.75 Å². The van der Waals surface area contributed by atoms with Gasteiger partial charge >= 0.3 is 0 Å². The second-order valence-electron chi connectivity index (χ2n) is 5.34. The second-order valence-corrected chi connectivity index (χ2v) is 5.75. The van der Waals surface area contributed by atoms with E-state index in [0.717, 1.165) is 5.56 Å². The first-order valence-corrected chi connectivity index (χ1v) is 7.84. The summed E-state index contributed by atoms with van der Waals surface area (Å²) in [6.07, 6.45) is -0.743. The topological polar surface area (TPSA) is 67.4 Å². The van der Waals surface area contributed by atoms with Crippen molar-refractivity contribution in [1.82, 2.24) is 5.32 Å². The van der Waals surface area contributed by atoms with E-state index < -0.39 is 6.10 Å². The predicted octanol–water partition coefficient (Wildman–Crippen LogP) is 3.41. The molecule has 0 aliphatic heterocycles. The summed E-state index contributed by atoms with van der Waals surface area (Å²) < 4.78 is 5.64. The molecule has 0 saturated carbocycles. The van der Waals surface area contributed by atoms with Gasteiger partial charge in [-0.1, -0.05) is 23.7 Å². The molecule has 0 aliphatic carbocycles. The van der Waals surface area contributed by atoms with Gasteiger partial charge in [-0.3, -0.25) is 9.59 Å². The maximum absolute atomic E-state index is 12.3. The molecule has 2 aromatic rings. The van der Waals surface area contributed by atoms with E-state index in [0.29, 0.717) is 22.0 Å². The van der Waals surface area contributed by atoms with Gasteiger partial charge in [-0.05, 0) is 49.7 Å². The van der Waals surface area contributed by atoms with Gasteiger partial charge in [-0.2, -0.15) is 0 Å². The molecule has 5 nitrogen and oxygen atoms in total. The molecule has 24 heavy (non-hydrogen) atoms. The first-order valence-electron chi connectivity index (χ1n) is 7.46. The van der Waals surface area contributed by atoms with Crippen molar-refractivity contribution in [3.63, 3.8) is 0 Å². The molecule has 0 heterocycles. The van der Waals surface area contributed by atoms with E-state index in [4.69, 9.17) is 16.3 Å². The van der Waals surface area contributed by atoms with Gasteiger partial charge in [0.1, 0.15) is 5.75 Å². The monoisotopic (exact) mass is 346 g/mol. The lowest BCUT2D eigenvalue weighted by atomic mass is 10.2. The highest BCUT2D eigenvalue weighted by molar-refractivity contribution is 6.32. The predicted molar refractivity (Wildman–Crippen MR) is 94.7 cm³/mol. The number of carbonyl (C=O) groups excluding carboxylic acids is 2. The van der Waals surface area contributed by atoms with E-state index in [1.165, 1.54) is 0 Å². The molecule has 0 fully saturated rings. The fourth-order valence-electron chi connectivity index (χ4n) is 2.07. The minimum absolute atomic E-state index is 0.220. The molecule has 1 unspecified atom stereocenters. The number of anilines is 1. The summed E-state index contributed by atoms with van der Waals surface area (Å²) in [5, 5.41) is 5.71.